The number of likely N-dealkylation sites (tertiary alicyclic amines) is 1. The van der Waals surface area contributed by atoms with Crippen molar-refractivity contribution < 1.29 is 13.2 Å². The van der Waals surface area contributed by atoms with Crippen molar-refractivity contribution in [1.29, 1.82) is 0 Å². The van der Waals surface area contributed by atoms with Gasteiger partial charge in [0.05, 0.1) is 5.92 Å². The van der Waals surface area contributed by atoms with Crippen LogP contribution >= 0.6 is 0 Å². The molecule has 5 heteroatoms. The van der Waals surface area contributed by atoms with Crippen molar-refractivity contribution in [3.05, 3.63) is 0 Å². The molecular formula is C15H27F3N2. The predicted molar refractivity (Wildman–Crippen MR) is 74.7 cm³/mol. The third kappa shape index (κ3) is 4.10. The van der Waals surface area contributed by atoms with Gasteiger partial charge in [0.1, 0.15) is 0 Å². The van der Waals surface area contributed by atoms with E-state index in [4.69, 9.17) is 0 Å². The average molecular weight is 292 g/mol. The van der Waals surface area contributed by atoms with Crippen LogP contribution in [0.1, 0.15) is 51.4 Å². The lowest BCUT2D eigenvalue weighted by atomic mass is 9.83. The van der Waals surface area contributed by atoms with Crippen LogP contribution in [0.15, 0.2) is 0 Å². The second-order valence-electron chi connectivity index (χ2n) is 6.33. The molecule has 1 heterocycles. The topological polar surface area (TPSA) is 15.3 Å². The maximum atomic E-state index is 12.7. The summed E-state index contributed by atoms with van der Waals surface area (Å²) in [5.41, 5.74) is 0. The molecule has 2 aliphatic rings. The van der Waals surface area contributed by atoms with E-state index in [-0.39, 0.29) is 0 Å². The summed E-state index contributed by atoms with van der Waals surface area (Å²) in [6.07, 6.45) is 2.90. The zero-order valence-electron chi connectivity index (χ0n) is 12.4. The zero-order valence-corrected chi connectivity index (χ0v) is 12.4. The minimum atomic E-state index is -3.99. The molecule has 1 aliphatic carbocycles. The highest BCUT2D eigenvalue weighted by Crippen LogP contribution is 2.40. The van der Waals surface area contributed by atoms with E-state index >= 15 is 0 Å². The van der Waals surface area contributed by atoms with Crippen molar-refractivity contribution in [1.82, 2.24) is 10.2 Å². The van der Waals surface area contributed by atoms with Crippen molar-refractivity contribution in [3.63, 3.8) is 0 Å². The van der Waals surface area contributed by atoms with Gasteiger partial charge in [-0.25, -0.2) is 0 Å². The molecular weight excluding hydrogens is 265 g/mol. The summed E-state index contributed by atoms with van der Waals surface area (Å²) in [6, 6.07) is 0.958. The number of hydrogen-bond donors (Lipinski definition) is 1. The lowest BCUT2D eigenvalue weighted by Gasteiger charge is -2.44. The van der Waals surface area contributed by atoms with Crippen LogP contribution in [0, 0.1) is 5.92 Å². The molecule has 118 valence electrons. The summed E-state index contributed by atoms with van der Waals surface area (Å²) in [7, 11) is 1.96. The van der Waals surface area contributed by atoms with E-state index in [0.29, 0.717) is 24.9 Å². The minimum Gasteiger partial charge on any atom is -0.320 e. The molecule has 2 fully saturated rings. The Bertz CT molecular complexity index is 285. The summed E-state index contributed by atoms with van der Waals surface area (Å²) in [5.74, 6) is -1.06. The first kappa shape index (κ1) is 16.1. The lowest BCUT2D eigenvalue weighted by molar-refractivity contribution is -0.185. The van der Waals surface area contributed by atoms with E-state index in [9.17, 15) is 13.2 Å². The molecule has 1 atom stereocenters. The Morgan fingerprint density at radius 2 is 1.75 bits per heavy atom. The molecule has 1 saturated heterocycles. The van der Waals surface area contributed by atoms with Gasteiger partial charge >= 0.3 is 6.18 Å². The van der Waals surface area contributed by atoms with Crippen molar-refractivity contribution in [2.75, 3.05) is 20.1 Å². The standard InChI is InChI=1S/C15H27F3N2/c1-19-10-9-13-4-2-3-11-20(13)14-7-5-12(6-8-14)15(16,17)18/h12-14,19H,2-11H2,1H3. The predicted octanol–water partition coefficient (Wildman–Crippen LogP) is 3.57. The Kier molecular flexibility index (Phi) is 5.73. The van der Waals surface area contributed by atoms with Gasteiger partial charge in [-0.2, -0.15) is 13.2 Å². The van der Waals surface area contributed by atoms with Gasteiger partial charge in [0, 0.05) is 12.1 Å². The number of halogens is 3. The van der Waals surface area contributed by atoms with Crippen molar-refractivity contribution in [2.45, 2.75) is 69.6 Å². The van der Waals surface area contributed by atoms with Gasteiger partial charge < -0.3 is 5.32 Å². The van der Waals surface area contributed by atoms with Crippen LogP contribution in [-0.4, -0.2) is 43.3 Å². The fourth-order valence-electron chi connectivity index (χ4n) is 3.86. The van der Waals surface area contributed by atoms with E-state index in [1.165, 1.54) is 19.3 Å². The number of alkyl halides is 3. The molecule has 2 rings (SSSR count). The van der Waals surface area contributed by atoms with Gasteiger partial charge in [0.2, 0.25) is 0 Å². The second-order valence-corrected chi connectivity index (χ2v) is 6.33. The van der Waals surface area contributed by atoms with E-state index in [0.717, 1.165) is 32.4 Å². The average Bonchev–Trinajstić information content (AvgIpc) is 2.45. The van der Waals surface area contributed by atoms with Gasteiger partial charge in [-0.1, -0.05) is 6.42 Å². The summed E-state index contributed by atoms with van der Waals surface area (Å²) in [5, 5.41) is 3.19. The second kappa shape index (κ2) is 7.12. The molecule has 20 heavy (non-hydrogen) atoms. The normalized spacial score (nSPS) is 33.3. The highest BCUT2D eigenvalue weighted by molar-refractivity contribution is 4.88. The van der Waals surface area contributed by atoms with Crippen LogP contribution in [-0.2, 0) is 0 Å². The largest absolute Gasteiger partial charge is 0.391 e. The van der Waals surface area contributed by atoms with Crippen molar-refractivity contribution in [2.24, 2.45) is 5.92 Å². The van der Waals surface area contributed by atoms with Crippen molar-refractivity contribution in [3.8, 4) is 0 Å². The molecule has 1 aliphatic heterocycles. The summed E-state index contributed by atoms with van der Waals surface area (Å²) >= 11 is 0. The van der Waals surface area contributed by atoms with Gasteiger partial charge in [0.25, 0.3) is 0 Å². The van der Waals surface area contributed by atoms with E-state index in [1.807, 2.05) is 7.05 Å². The fraction of sp³-hybridized carbons (Fsp3) is 1.00. The first-order chi connectivity index (χ1) is 9.52. The molecule has 1 saturated carbocycles. The highest BCUT2D eigenvalue weighted by atomic mass is 19.4. The lowest BCUT2D eigenvalue weighted by Crippen LogP contribution is -2.49. The number of rotatable bonds is 4. The highest BCUT2D eigenvalue weighted by Gasteiger charge is 2.42. The summed E-state index contributed by atoms with van der Waals surface area (Å²) in [4.78, 5) is 2.52. The van der Waals surface area contributed by atoms with Gasteiger partial charge in [-0.05, 0) is 65.1 Å². The van der Waals surface area contributed by atoms with Crippen LogP contribution in [0.3, 0.4) is 0 Å². The molecule has 1 N–H and O–H groups in total. The molecule has 0 spiro atoms. The maximum Gasteiger partial charge on any atom is 0.391 e. The Hall–Kier alpha value is -0.290. The van der Waals surface area contributed by atoms with E-state index in [1.54, 1.807) is 0 Å². The van der Waals surface area contributed by atoms with Crippen LogP contribution in [0.5, 0.6) is 0 Å². The first-order valence-electron chi connectivity index (χ1n) is 7.99. The monoisotopic (exact) mass is 292 g/mol. The molecule has 0 radical (unpaired) electrons. The third-order valence-corrected chi connectivity index (χ3v) is 5.03. The van der Waals surface area contributed by atoms with Crippen LogP contribution in [0.2, 0.25) is 0 Å². The van der Waals surface area contributed by atoms with Gasteiger partial charge in [0.15, 0.2) is 0 Å². The molecule has 2 nitrogen and oxygen atoms in total. The Morgan fingerprint density at radius 3 is 2.35 bits per heavy atom. The van der Waals surface area contributed by atoms with Crippen LogP contribution < -0.4 is 5.32 Å². The third-order valence-electron chi connectivity index (χ3n) is 5.03. The molecule has 0 aromatic heterocycles. The minimum absolute atomic E-state index is 0.323. The summed E-state index contributed by atoms with van der Waals surface area (Å²) < 4.78 is 38.2. The number of nitrogens with one attached hydrogen (secondary N) is 1. The van der Waals surface area contributed by atoms with Gasteiger partial charge in [-0.15, -0.1) is 0 Å². The maximum absolute atomic E-state index is 12.7. The zero-order chi connectivity index (χ0) is 14.6. The molecule has 0 aromatic rings. The first-order valence-corrected chi connectivity index (χ1v) is 7.99. The number of hydrogen-bond acceptors (Lipinski definition) is 2. The quantitative estimate of drug-likeness (QED) is 0.852. The molecule has 0 amide bonds. The SMILES string of the molecule is CNCCC1CCCCN1C1CCC(C(F)(F)F)CC1. The van der Waals surface area contributed by atoms with Crippen molar-refractivity contribution >= 4 is 0 Å². The van der Waals surface area contributed by atoms with E-state index in [2.05, 4.69) is 10.2 Å². The molecule has 0 aromatic carbocycles. The number of nitrogens with zero attached hydrogens (tertiary/aromatic N) is 1. The number of piperidine rings is 1. The fourth-order valence-corrected chi connectivity index (χ4v) is 3.86. The Balaban J connectivity index is 1.87. The van der Waals surface area contributed by atoms with Crippen LogP contribution in [0.25, 0.3) is 0 Å². The van der Waals surface area contributed by atoms with Gasteiger partial charge in [-0.3, -0.25) is 4.90 Å². The molecule has 1 unspecified atom stereocenters. The Morgan fingerprint density at radius 1 is 1.05 bits per heavy atom. The molecule has 0 bridgehead atoms. The van der Waals surface area contributed by atoms with Crippen LogP contribution in [0.4, 0.5) is 13.2 Å². The summed E-state index contributed by atoms with van der Waals surface area (Å²) in [6.45, 7) is 2.08. The Labute approximate surface area is 120 Å². The smallest absolute Gasteiger partial charge is 0.320 e. The van der Waals surface area contributed by atoms with E-state index < -0.39 is 12.1 Å².